The van der Waals surface area contributed by atoms with E-state index in [0.29, 0.717) is 23.1 Å². The van der Waals surface area contributed by atoms with E-state index in [2.05, 4.69) is 39.6 Å². The zero-order chi connectivity index (χ0) is 33.9. The van der Waals surface area contributed by atoms with Crippen LogP contribution in [0, 0.1) is 32.6 Å². The van der Waals surface area contributed by atoms with Gasteiger partial charge in [-0.2, -0.15) is 13.2 Å². The van der Waals surface area contributed by atoms with Crippen LogP contribution in [-0.2, 0) is 15.8 Å². The van der Waals surface area contributed by atoms with Gasteiger partial charge in [-0.15, -0.1) is 33.9 Å². The standard InChI is InChI=1S/C33H31ClF3N7O2S.ClH/c1-18-19(2)47-32-29(18)30(21-8-10-23(34)11-9-21)41-26(31-43-42-20(3)44(31)32)17-28(46)39-15-5-7-27(45)40-24-12-13-25(33(35,36)37)22(16-24)6-4-14-38;/h8-13,16,26H,5,7,14-15,17,38H2,1-3H3,(H,39,46)(H,40,45);1H/t26-;/m0./s1. The maximum atomic E-state index is 13.3. The number of thiophene rings is 1. The van der Waals surface area contributed by atoms with Crippen molar-refractivity contribution in [2.24, 2.45) is 10.7 Å². The summed E-state index contributed by atoms with van der Waals surface area (Å²) in [4.78, 5) is 31.9. The topological polar surface area (TPSA) is 127 Å². The number of nitrogens with zero attached hydrogens (tertiary/aromatic N) is 4. The summed E-state index contributed by atoms with van der Waals surface area (Å²) < 4.78 is 42.0. The molecule has 48 heavy (non-hydrogen) atoms. The third-order valence-corrected chi connectivity index (χ3v) is 9.02. The van der Waals surface area contributed by atoms with Gasteiger partial charge in [-0.3, -0.25) is 19.1 Å². The summed E-state index contributed by atoms with van der Waals surface area (Å²) in [6.45, 7) is 6.05. The van der Waals surface area contributed by atoms with E-state index in [1.807, 2.05) is 30.5 Å². The van der Waals surface area contributed by atoms with E-state index in [1.54, 1.807) is 23.5 Å². The Hall–Kier alpha value is -4.22. The highest BCUT2D eigenvalue weighted by Crippen LogP contribution is 2.39. The molecule has 0 unspecified atom stereocenters. The molecule has 1 atom stereocenters. The molecule has 2 aromatic heterocycles. The van der Waals surface area contributed by atoms with Crippen molar-refractivity contribution < 1.29 is 22.8 Å². The largest absolute Gasteiger partial charge is 0.417 e. The fourth-order valence-electron chi connectivity index (χ4n) is 5.20. The Morgan fingerprint density at radius 3 is 2.50 bits per heavy atom. The van der Waals surface area contributed by atoms with E-state index in [4.69, 9.17) is 22.3 Å². The molecule has 0 radical (unpaired) electrons. The number of benzene rings is 2. The molecular formula is C33H32Cl2F3N7O2S. The van der Waals surface area contributed by atoms with Crippen molar-refractivity contribution in [3.8, 4) is 16.8 Å². The molecule has 0 bridgehead atoms. The third-order valence-electron chi connectivity index (χ3n) is 7.57. The molecular weight excluding hydrogens is 686 g/mol. The summed E-state index contributed by atoms with van der Waals surface area (Å²) in [5, 5.41) is 15.7. The molecule has 4 N–H and O–H groups in total. The molecule has 1 aliphatic heterocycles. The molecule has 0 fully saturated rings. The SMILES string of the molecule is Cc1sc2c(c1C)C(c1ccc(Cl)cc1)=N[C@@H](CC(=O)NCCCC(=O)Nc1ccc(C(F)(F)F)c(C#CCN)c1)c1nnc(C)n1-2.Cl. The minimum atomic E-state index is -4.60. The van der Waals surface area contributed by atoms with Crippen molar-refractivity contribution in [3.05, 3.63) is 91.8 Å². The normalized spacial score (nSPS) is 13.6. The first-order chi connectivity index (χ1) is 22.4. The Bertz CT molecular complexity index is 1930. The lowest BCUT2D eigenvalue weighted by molar-refractivity contribution is -0.137. The monoisotopic (exact) mass is 717 g/mol. The Balaban J connectivity index is 0.00000520. The molecule has 3 heterocycles. The lowest BCUT2D eigenvalue weighted by atomic mass is 9.99. The van der Waals surface area contributed by atoms with Crippen LogP contribution < -0.4 is 16.4 Å². The minimum absolute atomic E-state index is 0. The molecule has 2 aromatic carbocycles. The molecule has 15 heteroatoms. The molecule has 9 nitrogen and oxygen atoms in total. The number of aromatic nitrogens is 3. The van der Waals surface area contributed by atoms with Crippen LogP contribution in [0.2, 0.25) is 5.02 Å². The second-order valence-electron chi connectivity index (χ2n) is 10.9. The van der Waals surface area contributed by atoms with Gasteiger partial charge in [0.1, 0.15) is 16.9 Å². The van der Waals surface area contributed by atoms with Crippen molar-refractivity contribution in [2.45, 2.75) is 52.3 Å². The Morgan fingerprint density at radius 1 is 1.08 bits per heavy atom. The fraction of sp³-hybridized carbons (Fsp3) is 0.303. The summed E-state index contributed by atoms with van der Waals surface area (Å²) in [5.41, 5.74) is 7.93. The molecule has 0 saturated carbocycles. The number of rotatable bonds is 8. The van der Waals surface area contributed by atoms with Crippen LogP contribution in [0.15, 0.2) is 47.5 Å². The van der Waals surface area contributed by atoms with Gasteiger partial charge in [0.15, 0.2) is 5.82 Å². The number of anilines is 1. The average Bonchev–Trinajstić information content (AvgIpc) is 3.50. The summed E-state index contributed by atoms with van der Waals surface area (Å²) in [5.74, 6) is 5.35. The first kappa shape index (κ1) is 36.6. The molecule has 252 valence electrons. The number of carbonyl (C=O) groups excluding carboxylic acids is 2. The maximum absolute atomic E-state index is 13.3. The van der Waals surface area contributed by atoms with Gasteiger partial charge >= 0.3 is 6.18 Å². The molecule has 2 amide bonds. The zero-order valence-corrected chi connectivity index (χ0v) is 28.6. The predicted octanol–water partition coefficient (Wildman–Crippen LogP) is 6.48. The van der Waals surface area contributed by atoms with E-state index in [0.717, 1.165) is 38.3 Å². The Kier molecular flexibility index (Phi) is 11.7. The van der Waals surface area contributed by atoms with Gasteiger partial charge in [0.2, 0.25) is 11.8 Å². The van der Waals surface area contributed by atoms with E-state index in [1.165, 1.54) is 12.1 Å². The number of nitrogens with one attached hydrogen (secondary N) is 2. The number of carbonyl (C=O) groups is 2. The van der Waals surface area contributed by atoms with Crippen molar-refractivity contribution in [1.29, 1.82) is 0 Å². The van der Waals surface area contributed by atoms with Gasteiger partial charge < -0.3 is 16.4 Å². The van der Waals surface area contributed by atoms with Crippen molar-refractivity contribution in [1.82, 2.24) is 20.1 Å². The number of alkyl halides is 3. The highest BCUT2D eigenvalue weighted by atomic mass is 35.5. The van der Waals surface area contributed by atoms with Crippen LogP contribution in [0.1, 0.15) is 69.6 Å². The maximum Gasteiger partial charge on any atom is 0.417 e. The summed E-state index contributed by atoms with van der Waals surface area (Å²) >= 11 is 7.79. The molecule has 0 aliphatic carbocycles. The number of aliphatic imine (C=N–C) groups is 1. The van der Waals surface area contributed by atoms with Crippen LogP contribution in [0.3, 0.4) is 0 Å². The fourth-order valence-corrected chi connectivity index (χ4v) is 6.54. The van der Waals surface area contributed by atoms with Crippen LogP contribution >= 0.6 is 35.3 Å². The Morgan fingerprint density at radius 2 is 1.81 bits per heavy atom. The van der Waals surface area contributed by atoms with E-state index < -0.39 is 23.7 Å². The molecule has 0 spiro atoms. The van der Waals surface area contributed by atoms with Crippen molar-refractivity contribution in [2.75, 3.05) is 18.4 Å². The van der Waals surface area contributed by atoms with E-state index in [9.17, 15) is 22.8 Å². The lowest BCUT2D eigenvalue weighted by Gasteiger charge is -2.13. The van der Waals surface area contributed by atoms with Gasteiger partial charge in [0, 0.05) is 45.2 Å². The number of fused-ring (bicyclic) bond motifs is 3. The summed E-state index contributed by atoms with van der Waals surface area (Å²) in [6.07, 6.45) is -4.28. The number of hydrogen-bond donors (Lipinski definition) is 3. The smallest absolute Gasteiger partial charge is 0.356 e. The zero-order valence-electron chi connectivity index (χ0n) is 26.2. The first-order valence-electron chi connectivity index (χ1n) is 14.7. The summed E-state index contributed by atoms with van der Waals surface area (Å²) in [7, 11) is 0. The number of hydrogen-bond acceptors (Lipinski definition) is 7. The first-order valence-corrected chi connectivity index (χ1v) is 15.9. The molecule has 4 aromatic rings. The van der Waals surface area contributed by atoms with Gasteiger partial charge in [-0.1, -0.05) is 35.6 Å². The lowest BCUT2D eigenvalue weighted by Crippen LogP contribution is -2.27. The van der Waals surface area contributed by atoms with Crippen molar-refractivity contribution in [3.63, 3.8) is 0 Å². The van der Waals surface area contributed by atoms with Gasteiger partial charge in [-0.25, -0.2) is 0 Å². The van der Waals surface area contributed by atoms with Crippen LogP contribution in [-0.4, -0.2) is 45.4 Å². The van der Waals surface area contributed by atoms with Crippen LogP contribution in [0.5, 0.6) is 0 Å². The highest BCUT2D eigenvalue weighted by Gasteiger charge is 2.34. The molecule has 5 rings (SSSR count). The quantitative estimate of drug-likeness (QED) is 0.142. The second-order valence-corrected chi connectivity index (χ2v) is 12.5. The average molecular weight is 719 g/mol. The predicted molar refractivity (Wildman–Crippen MR) is 183 cm³/mol. The number of amides is 2. The van der Waals surface area contributed by atoms with Gasteiger partial charge in [-0.05, 0) is 63.1 Å². The van der Waals surface area contributed by atoms with Crippen LogP contribution in [0.4, 0.5) is 18.9 Å². The second kappa shape index (κ2) is 15.3. The van der Waals surface area contributed by atoms with E-state index in [-0.39, 0.29) is 55.5 Å². The summed E-state index contributed by atoms with van der Waals surface area (Å²) in [6, 6.07) is 9.97. The number of aryl methyl sites for hydroxylation is 2. The van der Waals surface area contributed by atoms with Crippen LogP contribution in [0.25, 0.3) is 5.00 Å². The van der Waals surface area contributed by atoms with Gasteiger partial charge in [0.25, 0.3) is 0 Å². The Labute approximate surface area is 290 Å². The molecule has 1 aliphatic rings. The highest BCUT2D eigenvalue weighted by molar-refractivity contribution is 7.15. The minimum Gasteiger partial charge on any atom is -0.356 e. The third kappa shape index (κ3) is 8.07. The van der Waals surface area contributed by atoms with E-state index >= 15 is 0 Å². The number of halogens is 5. The molecule has 0 saturated heterocycles. The van der Waals surface area contributed by atoms with Gasteiger partial charge in [0.05, 0.1) is 24.2 Å². The van der Waals surface area contributed by atoms with Crippen molar-refractivity contribution >= 4 is 58.6 Å². The number of nitrogens with two attached hydrogens (primary N) is 1.